The number of nitrogens with one attached hydrogen (secondary N) is 1. The van der Waals surface area contributed by atoms with Crippen LogP contribution in [0.3, 0.4) is 0 Å². The second-order valence-corrected chi connectivity index (χ2v) is 8.50. The molecule has 156 valence electrons. The molecule has 0 saturated heterocycles. The fourth-order valence-electron chi connectivity index (χ4n) is 4.40. The molecule has 0 spiro atoms. The Morgan fingerprint density at radius 3 is 2.50 bits per heavy atom. The van der Waals surface area contributed by atoms with Crippen LogP contribution in [0.15, 0.2) is 42.5 Å². The van der Waals surface area contributed by atoms with Gasteiger partial charge in [0.2, 0.25) is 0 Å². The summed E-state index contributed by atoms with van der Waals surface area (Å²) in [7, 11) is 0. The number of nitrogens with zero attached hydrogens (tertiary/aromatic N) is 4. The lowest BCUT2D eigenvalue weighted by Gasteiger charge is -2.39. The number of hydrogen-bond donors (Lipinski definition) is 1. The number of benzene rings is 2. The third-order valence-corrected chi connectivity index (χ3v) is 6.23. The Balaban J connectivity index is 1.54. The molecule has 1 aliphatic heterocycles. The smallest absolute Gasteiger partial charge is 0.181 e. The summed E-state index contributed by atoms with van der Waals surface area (Å²) in [5, 5.41) is 16.7. The highest BCUT2D eigenvalue weighted by molar-refractivity contribution is 5.51. The van der Waals surface area contributed by atoms with Crippen molar-refractivity contribution >= 4 is 5.69 Å². The molecule has 1 saturated carbocycles. The monoisotopic (exact) mass is 405 g/mol. The molecule has 1 N–H and O–H groups in total. The number of hydrogen-bond acceptors (Lipinski definition) is 6. The zero-order chi connectivity index (χ0) is 20.6. The van der Waals surface area contributed by atoms with Crippen LogP contribution < -0.4 is 14.8 Å². The number of aryl methyl sites for hydroxylation is 1. The number of rotatable bonds is 4. The van der Waals surface area contributed by atoms with Crippen LogP contribution >= 0.6 is 0 Å². The summed E-state index contributed by atoms with van der Waals surface area (Å²) < 4.78 is 13.3. The molecular weight excluding hydrogens is 378 g/mol. The number of aromatic nitrogens is 4. The fourth-order valence-corrected chi connectivity index (χ4v) is 4.40. The maximum atomic E-state index is 5.77. The highest BCUT2D eigenvalue weighted by Gasteiger charge is 2.41. The zero-order valence-corrected chi connectivity index (χ0v) is 17.5. The normalized spacial score (nSPS) is 23.2. The third kappa shape index (κ3) is 3.49. The first kappa shape index (κ1) is 18.9. The molecule has 0 unspecified atom stereocenters. The molecule has 1 aliphatic carbocycles. The average molecular weight is 406 g/mol. The molecule has 3 aromatic rings. The summed E-state index contributed by atoms with van der Waals surface area (Å²) in [6.07, 6.45) is 4.22. The molecule has 7 heteroatoms. The van der Waals surface area contributed by atoms with Gasteiger partial charge in [-0.15, -0.1) is 5.10 Å². The van der Waals surface area contributed by atoms with Crippen molar-refractivity contribution in [1.29, 1.82) is 0 Å². The van der Waals surface area contributed by atoms with Crippen LogP contribution in [0.1, 0.15) is 44.0 Å². The molecule has 1 aromatic heterocycles. The first-order valence-electron chi connectivity index (χ1n) is 10.7. The predicted molar refractivity (Wildman–Crippen MR) is 114 cm³/mol. The highest BCUT2D eigenvalue weighted by atomic mass is 16.6. The maximum Gasteiger partial charge on any atom is 0.181 e. The van der Waals surface area contributed by atoms with Crippen LogP contribution in [0.25, 0.3) is 5.69 Å². The molecule has 1 fully saturated rings. The van der Waals surface area contributed by atoms with Crippen molar-refractivity contribution in [2.24, 2.45) is 5.92 Å². The summed E-state index contributed by atoms with van der Waals surface area (Å²) in [6.45, 7) is 5.55. The minimum absolute atomic E-state index is 0.321. The second kappa shape index (κ2) is 7.63. The van der Waals surface area contributed by atoms with E-state index in [0.717, 1.165) is 54.4 Å². The van der Waals surface area contributed by atoms with E-state index in [1.54, 1.807) is 0 Å². The van der Waals surface area contributed by atoms with Crippen molar-refractivity contribution in [3.8, 4) is 17.2 Å². The molecule has 5 rings (SSSR count). The van der Waals surface area contributed by atoms with Gasteiger partial charge in [0.15, 0.2) is 17.3 Å². The van der Waals surface area contributed by atoms with Crippen molar-refractivity contribution in [1.82, 2.24) is 20.2 Å². The van der Waals surface area contributed by atoms with Gasteiger partial charge in [-0.3, -0.25) is 0 Å². The largest absolute Gasteiger partial charge is 0.486 e. The number of tetrazole rings is 1. The quantitative estimate of drug-likeness (QED) is 0.699. The van der Waals surface area contributed by atoms with Gasteiger partial charge in [0.05, 0.1) is 11.2 Å². The summed E-state index contributed by atoms with van der Waals surface area (Å²) in [6, 6.07) is 14.4. The van der Waals surface area contributed by atoms with Crippen molar-refractivity contribution in [3.05, 3.63) is 53.9 Å². The lowest BCUT2D eigenvalue weighted by atomic mass is 9.76. The van der Waals surface area contributed by atoms with Gasteiger partial charge in [0, 0.05) is 11.8 Å². The molecule has 0 radical (unpaired) electrons. The lowest BCUT2D eigenvalue weighted by molar-refractivity contribution is 0.171. The topological polar surface area (TPSA) is 74.1 Å². The van der Waals surface area contributed by atoms with Crippen molar-refractivity contribution in [3.63, 3.8) is 0 Å². The molecular formula is C23H27N5O2. The van der Waals surface area contributed by atoms with Gasteiger partial charge < -0.3 is 14.8 Å². The Morgan fingerprint density at radius 1 is 1.00 bits per heavy atom. The van der Waals surface area contributed by atoms with E-state index in [9.17, 15) is 0 Å². The van der Waals surface area contributed by atoms with Crippen LogP contribution in [0.5, 0.6) is 11.5 Å². The lowest BCUT2D eigenvalue weighted by Crippen LogP contribution is -2.41. The molecule has 2 aliphatic rings. The maximum absolute atomic E-state index is 5.77. The number of anilines is 1. The van der Waals surface area contributed by atoms with E-state index in [2.05, 4.69) is 59.0 Å². The van der Waals surface area contributed by atoms with Crippen LogP contribution in [0.2, 0.25) is 0 Å². The van der Waals surface area contributed by atoms with E-state index in [0.29, 0.717) is 19.1 Å². The Morgan fingerprint density at radius 2 is 1.73 bits per heavy atom. The van der Waals surface area contributed by atoms with Crippen molar-refractivity contribution in [2.75, 3.05) is 18.5 Å². The van der Waals surface area contributed by atoms with Crippen molar-refractivity contribution in [2.45, 2.75) is 45.1 Å². The van der Waals surface area contributed by atoms with Gasteiger partial charge in [-0.1, -0.05) is 24.6 Å². The summed E-state index contributed by atoms with van der Waals surface area (Å²) >= 11 is 0. The fraction of sp³-hybridized carbons (Fsp3) is 0.435. The van der Waals surface area contributed by atoms with E-state index >= 15 is 0 Å². The molecule has 2 aromatic carbocycles. The van der Waals surface area contributed by atoms with Crippen LogP contribution in [-0.2, 0) is 5.54 Å². The van der Waals surface area contributed by atoms with Crippen LogP contribution in [0.4, 0.5) is 5.69 Å². The first-order valence-corrected chi connectivity index (χ1v) is 10.7. The third-order valence-electron chi connectivity index (χ3n) is 6.23. The molecule has 30 heavy (non-hydrogen) atoms. The molecule has 0 bridgehead atoms. The van der Waals surface area contributed by atoms with Gasteiger partial charge in [-0.25, -0.2) is 0 Å². The summed E-state index contributed by atoms with van der Waals surface area (Å²) in [4.78, 5) is 0. The van der Waals surface area contributed by atoms with E-state index in [-0.39, 0.29) is 5.54 Å². The Labute approximate surface area is 176 Å². The van der Waals surface area contributed by atoms with E-state index in [1.807, 2.05) is 22.9 Å². The standard InChI is InChI=1S/C23H27N5O2/c1-16-3-5-18(6-4-16)24-23(11-9-17(2)10-12-23)22-25-26-27-28(22)19-7-8-20-21(15-19)30-14-13-29-20/h3-8,15,17,24H,9-14H2,1-2H3. The first-order chi connectivity index (χ1) is 14.6. The molecule has 2 heterocycles. The van der Waals surface area contributed by atoms with Crippen molar-refractivity contribution < 1.29 is 9.47 Å². The predicted octanol–water partition coefficient (Wildman–Crippen LogP) is 4.26. The Bertz CT molecular complexity index is 1020. The van der Waals surface area contributed by atoms with Gasteiger partial charge in [-0.2, -0.15) is 4.68 Å². The van der Waals surface area contributed by atoms with E-state index < -0.39 is 0 Å². The molecule has 0 atom stereocenters. The molecule has 0 amide bonds. The summed E-state index contributed by atoms with van der Waals surface area (Å²) in [5.41, 5.74) is 2.89. The Hall–Kier alpha value is -3.09. The zero-order valence-electron chi connectivity index (χ0n) is 17.5. The minimum atomic E-state index is -0.321. The molecule has 7 nitrogen and oxygen atoms in total. The second-order valence-electron chi connectivity index (χ2n) is 8.50. The Kier molecular flexibility index (Phi) is 4.81. The minimum Gasteiger partial charge on any atom is -0.486 e. The van der Waals surface area contributed by atoms with Crippen LogP contribution in [-0.4, -0.2) is 33.4 Å². The van der Waals surface area contributed by atoms with Gasteiger partial charge >= 0.3 is 0 Å². The van der Waals surface area contributed by atoms with E-state index in [1.165, 1.54) is 5.56 Å². The van der Waals surface area contributed by atoms with Gasteiger partial charge in [0.25, 0.3) is 0 Å². The van der Waals surface area contributed by atoms with Gasteiger partial charge in [-0.05, 0) is 73.2 Å². The number of ether oxygens (including phenoxy) is 2. The van der Waals surface area contributed by atoms with Crippen LogP contribution in [0, 0.1) is 12.8 Å². The average Bonchev–Trinajstić information content (AvgIpc) is 3.28. The SMILES string of the molecule is Cc1ccc(NC2(c3nnnn3-c3ccc4c(c3)OCCO4)CCC(C)CC2)cc1. The number of fused-ring (bicyclic) bond motifs is 1. The van der Waals surface area contributed by atoms with Gasteiger partial charge in [0.1, 0.15) is 13.2 Å². The van der Waals surface area contributed by atoms with E-state index in [4.69, 9.17) is 9.47 Å². The highest BCUT2D eigenvalue weighted by Crippen LogP contribution is 2.42. The summed E-state index contributed by atoms with van der Waals surface area (Å²) in [5.74, 6) is 3.04.